The smallest absolute Gasteiger partial charge is 0.323 e. The topological polar surface area (TPSA) is 50.4 Å². The number of allylic oxidation sites excluding steroid dienone is 1. The third-order valence-electron chi connectivity index (χ3n) is 1.98. The van der Waals surface area contributed by atoms with Crippen molar-refractivity contribution >= 4 is 23.3 Å². The number of nitrogens with one attached hydrogen (secondary N) is 2. The molecule has 0 spiro atoms. The number of anilines is 1. The van der Waals surface area contributed by atoms with Crippen LogP contribution in [-0.2, 0) is 0 Å². The summed E-state index contributed by atoms with van der Waals surface area (Å²) in [7, 11) is 1.53. The Morgan fingerprint density at radius 2 is 2.29 bits per heavy atom. The molecule has 0 bridgehead atoms. The fourth-order valence-corrected chi connectivity index (χ4v) is 1.36. The maximum absolute atomic E-state index is 11.5. The van der Waals surface area contributed by atoms with Crippen molar-refractivity contribution in [2.24, 2.45) is 0 Å². The second-order valence-electron chi connectivity index (χ2n) is 3.25. The van der Waals surface area contributed by atoms with E-state index in [1.165, 1.54) is 7.11 Å². The zero-order chi connectivity index (χ0) is 12.7. The molecule has 1 rings (SSSR count). The van der Waals surface area contributed by atoms with Crippen LogP contribution in [0.25, 0.3) is 0 Å². The lowest BCUT2D eigenvalue weighted by atomic mass is 10.3. The number of hydrogen-bond donors (Lipinski definition) is 2. The molecule has 0 fully saturated rings. The van der Waals surface area contributed by atoms with Crippen LogP contribution in [0.15, 0.2) is 30.5 Å². The van der Waals surface area contributed by atoms with Crippen LogP contribution >= 0.6 is 11.6 Å². The molecule has 0 aromatic heterocycles. The van der Waals surface area contributed by atoms with Gasteiger partial charge < -0.3 is 15.4 Å². The average Bonchev–Trinajstić information content (AvgIpc) is 2.29. The van der Waals surface area contributed by atoms with Crippen molar-refractivity contribution in [2.45, 2.75) is 13.3 Å². The van der Waals surface area contributed by atoms with Gasteiger partial charge >= 0.3 is 6.03 Å². The SMILES string of the molecule is CC/C=C/NC(=O)Nc1cc(Cl)ccc1OC. The van der Waals surface area contributed by atoms with Gasteiger partial charge in [0.25, 0.3) is 0 Å². The molecule has 1 aromatic rings. The summed E-state index contributed by atoms with van der Waals surface area (Å²) in [6.07, 6.45) is 4.29. The highest BCUT2D eigenvalue weighted by atomic mass is 35.5. The normalized spacial score (nSPS) is 10.3. The molecule has 0 unspecified atom stereocenters. The molecule has 0 aliphatic carbocycles. The number of carbonyl (C=O) groups is 1. The zero-order valence-corrected chi connectivity index (χ0v) is 10.5. The molecule has 0 aliphatic heterocycles. The van der Waals surface area contributed by atoms with Gasteiger partial charge in [0.2, 0.25) is 0 Å². The number of carbonyl (C=O) groups excluding carboxylic acids is 1. The fraction of sp³-hybridized carbons (Fsp3) is 0.250. The van der Waals surface area contributed by atoms with Gasteiger partial charge in [0.05, 0.1) is 12.8 Å². The number of methoxy groups -OCH3 is 1. The summed E-state index contributed by atoms with van der Waals surface area (Å²) in [5.41, 5.74) is 0.530. The van der Waals surface area contributed by atoms with Crippen LogP contribution in [0.2, 0.25) is 5.02 Å². The number of halogens is 1. The highest BCUT2D eigenvalue weighted by molar-refractivity contribution is 6.31. The maximum Gasteiger partial charge on any atom is 0.323 e. The lowest BCUT2D eigenvalue weighted by molar-refractivity contribution is 0.255. The Balaban J connectivity index is 2.70. The fourth-order valence-electron chi connectivity index (χ4n) is 1.19. The molecule has 5 heteroatoms. The first-order chi connectivity index (χ1) is 8.17. The Morgan fingerprint density at radius 1 is 1.53 bits per heavy atom. The van der Waals surface area contributed by atoms with E-state index in [-0.39, 0.29) is 6.03 Å². The molecule has 0 aliphatic rings. The molecule has 0 heterocycles. The average molecular weight is 255 g/mol. The number of benzene rings is 1. The van der Waals surface area contributed by atoms with Crippen LogP contribution in [0, 0.1) is 0 Å². The maximum atomic E-state index is 11.5. The minimum atomic E-state index is -0.338. The van der Waals surface area contributed by atoms with E-state index in [2.05, 4.69) is 10.6 Å². The Labute approximate surface area is 106 Å². The largest absolute Gasteiger partial charge is 0.495 e. The standard InChI is InChI=1S/C12H15ClN2O2/c1-3-4-7-14-12(16)15-10-8-9(13)5-6-11(10)17-2/h4-8H,3H2,1-2H3,(H2,14,15,16)/b7-4+. The quantitative estimate of drug-likeness (QED) is 0.865. The second-order valence-corrected chi connectivity index (χ2v) is 3.69. The van der Waals surface area contributed by atoms with E-state index >= 15 is 0 Å². The first kappa shape index (κ1) is 13.4. The number of amides is 2. The Bertz CT molecular complexity index is 419. The van der Waals surface area contributed by atoms with Crippen molar-refractivity contribution in [3.63, 3.8) is 0 Å². The lowest BCUT2D eigenvalue weighted by Gasteiger charge is -2.10. The van der Waals surface area contributed by atoms with Gasteiger partial charge in [0.15, 0.2) is 0 Å². The van der Waals surface area contributed by atoms with Crippen LogP contribution in [0.4, 0.5) is 10.5 Å². The number of urea groups is 1. The Kier molecular flexibility index (Phi) is 5.36. The van der Waals surface area contributed by atoms with Gasteiger partial charge in [-0.2, -0.15) is 0 Å². The third-order valence-corrected chi connectivity index (χ3v) is 2.21. The van der Waals surface area contributed by atoms with E-state index in [0.29, 0.717) is 16.5 Å². The van der Waals surface area contributed by atoms with Crippen molar-refractivity contribution in [1.29, 1.82) is 0 Å². The molecule has 0 saturated carbocycles. The third kappa shape index (κ3) is 4.36. The van der Waals surface area contributed by atoms with E-state index in [4.69, 9.17) is 16.3 Å². The summed E-state index contributed by atoms with van der Waals surface area (Å²) in [6, 6.07) is 4.68. The number of ether oxygens (including phenoxy) is 1. The summed E-state index contributed by atoms with van der Waals surface area (Å²) in [6.45, 7) is 1.98. The minimum absolute atomic E-state index is 0.338. The molecule has 4 nitrogen and oxygen atoms in total. The van der Waals surface area contributed by atoms with Crippen molar-refractivity contribution in [3.05, 3.63) is 35.5 Å². The van der Waals surface area contributed by atoms with Gasteiger partial charge in [-0.05, 0) is 24.6 Å². The molecule has 0 atom stereocenters. The predicted octanol–water partition coefficient (Wildman–Crippen LogP) is 3.39. The predicted molar refractivity (Wildman–Crippen MR) is 69.6 cm³/mol. The summed E-state index contributed by atoms with van der Waals surface area (Å²) in [5.74, 6) is 0.559. The molecule has 1 aromatic carbocycles. The van der Waals surface area contributed by atoms with Crippen molar-refractivity contribution in [1.82, 2.24) is 5.32 Å². The minimum Gasteiger partial charge on any atom is -0.495 e. The van der Waals surface area contributed by atoms with Gasteiger partial charge in [0, 0.05) is 11.2 Å². The monoisotopic (exact) mass is 254 g/mol. The molecule has 2 N–H and O–H groups in total. The van der Waals surface area contributed by atoms with Crippen LogP contribution in [0.3, 0.4) is 0 Å². The second kappa shape index (κ2) is 6.81. The molecular formula is C12H15ClN2O2. The summed E-state index contributed by atoms with van der Waals surface area (Å²) in [5, 5.41) is 5.76. The van der Waals surface area contributed by atoms with E-state index in [0.717, 1.165) is 6.42 Å². The lowest BCUT2D eigenvalue weighted by Crippen LogP contribution is -2.24. The Hall–Kier alpha value is -1.68. The van der Waals surface area contributed by atoms with Crippen LogP contribution in [-0.4, -0.2) is 13.1 Å². The van der Waals surface area contributed by atoms with Crippen molar-refractivity contribution < 1.29 is 9.53 Å². The molecular weight excluding hydrogens is 240 g/mol. The van der Waals surface area contributed by atoms with Gasteiger partial charge in [-0.1, -0.05) is 24.6 Å². The first-order valence-electron chi connectivity index (χ1n) is 5.23. The van der Waals surface area contributed by atoms with E-state index in [1.807, 2.05) is 13.0 Å². The molecule has 2 amide bonds. The summed E-state index contributed by atoms with van der Waals surface area (Å²) >= 11 is 5.84. The van der Waals surface area contributed by atoms with Crippen molar-refractivity contribution in [2.75, 3.05) is 12.4 Å². The number of rotatable bonds is 4. The summed E-state index contributed by atoms with van der Waals surface area (Å²) in [4.78, 5) is 11.5. The van der Waals surface area contributed by atoms with E-state index in [9.17, 15) is 4.79 Å². The molecule has 0 saturated heterocycles. The van der Waals surface area contributed by atoms with Gasteiger partial charge in [-0.3, -0.25) is 0 Å². The summed E-state index contributed by atoms with van der Waals surface area (Å²) < 4.78 is 5.11. The van der Waals surface area contributed by atoms with Crippen molar-refractivity contribution in [3.8, 4) is 5.75 Å². The highest BCUT2D eigenvalue weighted by Crippen LogP contribution is 2.27. The van der Waals surface area contributed by atoms with Gasteiger partial charge in [-0.15, -0.1) is 0 Å². The molecule has 92 valence electrons. The Morgan fingerprint density at radius 3 is 2.94 bits per heavy atom. The zero-order valence-electron chi connectivity index (χ0n) is 9.79. The highest BCUT2D eigenvalue weighted by Gasteiger charge is 2.06. The van der Waals surface area contributed by atoms with Crippen LogP contribution in [0.1, 0.15) is 13.3 Å². The van der Waals surface area contributed by atoms with Gasteiger partial charge in [-0.25, -0.2) is 4.79 Å². The van der Waals surface area contributed by atoms with Crippen LogP contribution in [0.5, 0.6) is 5.75 Å². The van der Waals surface area contributed by atoms with Crippen LogP contribution < -0.4 is 15.4 Å². The number of hydrogen-bond acceptors (Lipinski definition) is 2. The molecule has 0 radical (unpaired) electrons. The first-order valence-corrected chi connectivity index (χ1v) is 5.61. The molecule has 17 heavy (non-hydrogen) atoms. The van der Waals surface area contributed by atoms with Gasteiger partial charge in [0.1, 0.15) is 5.75 Å². The van der Waals surface area contributed by atoms with E-state index in [1.54, 1.807) is 24.4 Å². The van der Waals surface area contributed by atoms with E-state index < -0.39 is 0 Å².